The van der Waals surface area contributed by atoms with Gasteiger partial charge in [0.25, 0.3) is 11.7 Å². The third-order valence-electron chi connectivity index (χ3n) is 5.05. The van der Waals surface area contributed by atoms with Gasteiger partial charge >= 0.3 is 0 Å². The van der Waals surface area contributed by atoms with Crippen molar-refractivity contribution in [3.63, 3.8) is 0 Å². The standard InChI is InChI=1S/C20H20N2O6S/c1-27-15-4-2-14(3-5-15)13-22-18-7-6-16(12-17(18)19(23)20(22)24)29(25,26)21-8-10-28-11-9-21/h2-7,12H,8-11,13H2,1H3. The largest absolute Gasteiger partial charge is 0.497 e. The van der Waals surface area contributed by atoms with Crippen LogP contribution in [-0.4, -0.2) is 57.8 Å². The number of amides is 1. The highest BCUT2D eigenvalue weighted by molar-refractivity contribution is 7.89. The van der Waals surface area contributed by atoms with Crippen LogP contribution in [0.2, 0.25) is 0 Å². The second-order valence-corrected chi connectivity index (χ2v) is 8.70. The van der Waals surface area contributed by atoms with E-state index in [0.29, 0.717) is 24.7 Å². The highest BCUT2D eigenvalue weighted by Gasteiger charge is 2.37. The molecule has 4 rings (SSSR count). The van der Waals surface area contributed by atoms with Gasteiger partial charge in [-0.05, 0) is 35.9 Å². The zero-order valence-electron chi connectivity index (χ0n) is 15.8. The van der Waals surface area contributed by atoms with E-state index in [-0.39, 0.29) is 30.1 Å². The van der Waals surface area contributed by atoms with Crippen LogP contribution < -0.4 is 9.64 Å². The minimum absolute atomic E-state index is 0.00518. The van der Waals surface area contributed by atoms with E-state index >= 15 is 0 Å². The lowest BCUT2D eigenvalue weighted by Gasteiger charge is -2.26. The van der Waals surface area contributed by atoms with Crippen LogP contribution in [0.15, 0.2) is 47.4 Å². The lowest BCUT2D eigenvalue weighted by atomic mass is 10.1. The summed E-state index contributed by atoms with van der Waals surface area (Å²) in [5, 5.41) is 0. The second-order valence-electron chi connectivity index (χ2n) is 6.76. The van der Waals surface area contributed by atoms with Gasteiger partial charge < -0.3 is 14.4 Å². The molecule has 29 heavy (non-hydrogen) atoms. The van der Waals surface area contributed by atoms with Gasteiger partial charge in [0, 0.05) is 13.1 Å². The number of carbonyl (C=O) groups is 2. The highest BCUT2D eigenvalue weighted by Crippen LogP contribution is 2.33. The Bertz CT molecular complexity index is 1060. The van der Waals surface area contributed by atoms with Crippen molar-refractivity contribution in [3.05, 3.63) is 53.6 Å². The predicted octanol–water partition coefficient (Wildman–Crippen LogP) is 1.45. The number of sulfonamides is 1. The molecule has 0 aromatic heterocycles. The smallest absolute Gasteiger partial charge is 0.299 e. The van der Waals surface area contributed by atoms with E-state index in [1.54, 1.807) is 19.2 Å². The summed E-state index contributed by atoms with van der Waals surface area (Å²) in [4.78, 5) is 26.4. The third-order valence-corrected chi connectivity index (χ3v) is 6.95. The fourth-order valence-corrected chi connectivity index (χ4v) is 4.88. The van der Waals surface area contributed by atoms with Gasteiger partial charge in [0.2, 0.25) is 10.0 Å². The van der Waals surface area contributed by atoms with Gasteiger partial charge in [-0.25, -0.2) is 8.42 Å². The molecule has 2 heterocycles. The lowest BCUT2D eigenvalue weighted by molar-refractivity contribution is -0.114. The SMILES string of the molecule is COc1ccc(CN2C(=O)C(=O)c3cc(S(=O)(=O)N4CCOCC4)ccc32)cc1. The number of benzene rings is 2. The van der Waals surface area contributed by atoms with Crippen LogP contribution in [0.4, 0.5) is 5.69 Å². The predicted molar refractivity (Wildman–Crippen MR) is 105 cm³/mol. The Morgan fingerprint density at radius 1 is 1.03 bits per heavy atom. The fraction of sp³-hybridized carbons (Fsp3) is 0.300. The van der Waals surface area contributed by atoms with E-state index in [1.165, 1.54) is 27.4 Å². The van der Waals surface area contributed by atoms with E-state index in [4.69, 9.17) is 9.47 Å². The number of morpholine rings is 1. The van der Waals surface area contributed by atoms with Gasteiger partial charge in [-0.1, -0.05) is 12.1 Å². The first-order valence-corrected chi connectivity index (χ1v) is 10.6. The quantitative estimate of drug-likeness (QED) is 0.685. The second kappa shape index (κ2) is 7.58. The Morgan fingerprint density at radius 2 is 1.72 bits per heavy atom. The number of nitrogens with zero attached hydrogens (tertiary/aromatic N) is 2. The molecule has 2 aromatic carbocycles. The number of rotatable bonds is 5. The Labute approximate surface area is 168 Å². The molecule has 0 radical (unpaired) electrons. The van der Waals surface area contributed by atoms with Crippen LogP contribution in [0.25, 0.3) is 0 Å². The molecular weight excluding hydrogens is 396 g/mol. The highest BCUT2D eigenvalue weighted by atomic mass is 32.2. The minimum Gasteiger partial charge on any atom is -0.497 e. The number of hydrogen-bond acceptors (Lipinski definition) is 6. The van der Waals surface area contributed by atoms with E-state index in [2.05, 4.69) is 0 Å². The van der Waals surface area contributed by atoms with E-state index < -0.39 is 21.7 Å². The van der Waals surface area contributed by atoms with Crippen LogP contribution in [-0.2, 0) is 26.1 Å². The average Bonchev–Trinajstić information content (AvgIpc) is 2.99. The maximum atomic E-state index is 12.9. The topological polar surface area (TPSA) is 93.2 Å². The molecule has 8 nitrogen and oxygen atoms in total. The molecule has 1 amide bonds. The maximum Gasteiger partial charge on any atom is 0.299 e. The molecule has 0 aliphatic carbocycles. The first-order valence-electron chi connectivity index (χ1n) is 9.13. The number of Topliss-reactive ketones (excluding diaryl/α,β-unsaturated/α-hetero) is 1. The van der Waals surface area contributed by atoms with Crippen molar-refractivity contribution in [1.29, 1.82) is 0 Å². The summed E-state index contributed by atoms with van der Waals surface area (Å²) >= 11 is 0. The van der Waals surface area contributed by atoms with E-state index in [0.717, 1.165) is 5.56 Å². The van der Waals surface area contributed by atoms with Gasteiger partial charge in [0.1, 0.15) is 5.75 Å². The Morgan fingerprint density at radius 3 is 2.38 bits per heavy atom. The Hall–Kier alpha value is -2.75. The summed E-state index contributed by atoms with van der Waals surface area (Å²) in [5.74, 6) is -0.680. The maximum absolute atomic E-state index is 12.9. The molecule has 9 heteroatoms. The summed E-state index contributed by atoms with van der Waals surface area (Å²) < 4.78 is 37.4. The summed E-state index contributed by atoms with van der Waals surface area (Å²) in [6.07, 6.45) is 0. The van der Waals surface area contributed by atoms with Crippen molar-refractivity contribution in [3.8, 4) is 5.75 Å². The van der Waals surface area contributed by atoms with Crippen LogP contribution in [0.3, 0.4) is 0 Å². The molecular formula is C20H20N2O6S. The van der Waals surface area contributed by atoms with Crippen LogP contribution in [0, 0.1) is 0 Å². The van der Waals surface area contributed by atoms with Crippen LogP contribution in [0.5, 0.6) is 5.75 Å². The van der Waals surface area contributed by atoms with Gasteiger partial charge in [-0.2, -0.15) is 4.31 Å². The molecule has 0 atom stereocenters. The first kappa shape index (κ1) is 19.6. The monoisotopic (exact) mass is 416 g/mol. The summed E-state index contributed by atoms with van der Waals surface area (Å²) in [6, 6.07) is 11.4. The summed E-state index contributed by atoms with van der Waals surface area (Å²) in [6.45, 7) is 1.39. The molecule has 152 valence electrons. The molecule has 0 N–H and O–H groups in total. The van der Waals surface area contributed by atoms with Crippen molar-refractivity contribution in [1.82, 2.24) is 4.31 Å². The molecule has 0 bridgehead atoms. The Kier molecular flexibility index (Phi) is 5.12. The minimum atomic E-state index is -3.75. The molecule has 2 aliphatic heterocycles. The average molecular weight is 416 g/mol. The molecule has 1 fully saturated rings. The summed E-state index contributed by atoms with van der Waals surface area (Å²) in [5.41, 5.74) is 1.35. The number of anilines is 1. The number of ketones is 1. The van der Waals surface area contributed by atoms with Crippen LogP contribution >= 0.6 is 0 Å². The number of carbonyl (C=O) groups excluding carboxylic acids is 2. The molecule has 0 saturated carbocycles. The van der Waals surface area contributed by atoms with Gasteiger partial charge in [0.15, 0.2) is 0 Å². The zero-order valence-corrected chi connectivity index (χ0v) is 16.6. The number of hydrogen-bond donors (Lipinski definition) is 0. The first-order chi connectivity index (χ1) is 13.9. The number of ether oxygens (including phenoxy) is 2. The molecule has 2 aliphatic rings. The molecule has 2 aromatic rings. The zero-order chi connectivity index (χ0) is 20.6. The van der Waals surface area contributed by atoms with E-state index in [1.807, 2.05) is 12.1 Å². The van der Waals surface area contributed by atoms with Crippen LogP contribution in [0.1, 0.15) is 15.9 Å². The van der Waals surface area contributed by atoms with Gasteiger partial charge in [0.05, 0.1) is 43.0 Å². The van der Waals surface area contributed by atoms with Crippen molar-refractivity contribution >= 4 is 27.4 Å². The van der Waals surface area contributed by atoms with Crippen molar-refractivity contribution < 1.29 is 27.5 Å². The molecule has 0 spiro atoms. The third kappa shape index (κ3) is 3.52. The summed E-state index contributed by atoms with van der Waals surface area (Å²) in [7, 11) is -2.19. The van der Waals surface area contributed by atoms with Crippen molar-refractivity contribution in [2.24, 2.45) is 0 Å². The van der Waals surface area contributed by atoms with Crippen molar-refractivity contribution in [2.75, 3.05) is 38.3 Å². The molecule has 1 saturated heterocycles. The normalized spacial score (nSPS) is 17.5. The fourth-order valence-electron chi connectivity index (χ4n) is 3.45. The van der Waals surface area contributed by atoms with E-state index in [9.17, 15) is 18.0 Å². The Balaban J connectivity index is 1.64. The number of methoxy groups -OCH3 is 1. The van der Waals surface area contributed by atoms with Crippen molar-refractivity contribution in [2.45, 2.75) is 11.4 Å². The van der Waals surface area contributed by atoms with Gasteiger partial charge in [-0.15, -0.1) is 0 Å². The van der Waals surface area contributed by atoms with Gasteiger partial charge in [-0.3, -0.25) is 9.59 Å². The lowest BCUT2D eigenvalue weighted by Crippen LogP contribution is -2.40. The molecule has 0 unspecified atom stereocenters. The number of fused-ring (bicyclic) bond motifs is 1.